The van der Waals surface area contributed by atoms with Gasteiger partial charge in [-0.25, -0.2) is 0 Å². The maximum Gasteiger partial charge on any atom is 0.0143 e. The third-order valence-electron chi connectivity index (χ3n) is 4.53. The Morgan fingerprint density at radius 3 is 2.61 bits per heavy atom. The van der Waals surface area contributed by atoms with Crippen molar-refractivity contribution in [3.8, 4) is 0 Å². The second-order valence-electron chi connectivity index (χ2n) is 5.37. The first-order valence-corrected chi connectivity index (χ1v) is 6.58. The molecule has 1 unspecified atom stereocenters. The predicted molar refractivity (Wildman–Crippen MR) is 76.9 cm³/mol. The Morgan fingerprint density at radius 1 is 0.833 bits per heavy atom. The van der Waals surface area contributed by atoms with Crippen molar-refractivity contribution in [3.05, 3.63) is 65.2 Å². The molecule has 0 radical (unpaired) electrons. The first-order chi connectivity index (χ1) is 8.93. The number of benzene rings is 3. The smallest absolute Gasteiger partial charge is 0.0143 e. The number of hydrogen-bond donors (Lipinski definition) is 0. The van der Waals surface area contributed by atoms with Crippen molar-refractivity contribution >= 4 is 27.6 Å². The molecule has 2 aliphatic rings. The highest BCUT2D eigenvalue weighted by Gasteiger charge is 2.29. The van der Waals surface area contributed by atoms with Gasteiger partial charge in [0.05, 0.1) is 0 Å². The van der Waals surface area contributed by atoms with E-state index >= 15 is 0 Å². The molecule has 0 N–H and O–H groups in total. The van der Waals surface area contributed by atoms with E-state index in [1.165, 1.54) is 32.7 Å². The van der Waals surface area contributed by atoms with Crippen LogP contribution in [0.5, 0.6) is 0 Å². The zero-order chi connectivity index (χ0) is 11.7. The average Bonchev–Trinajstić information content (AvgIpc) is 2.78. The Morgan fingerprint density at radius 2 is 1.67 bits per heavy atom. The minimum atomic E-state index is 0.592. The summed E-state index contributed by atoms with van der Waals surface area (Å²) in [7, 11) is 0. The third-order valence-corrected chi connectivity index (χ3v) is 4.53. The summed E-state index contributed by atoms with van der Waals surface area (Å²) in [5.74, 6) is 0.592. The number of rotatable bonds is 0. The zero-order valence-corrected chi connectivity index (χ0v) is 9.98. The summed E-state index contributed by atoms with van der Waals surface area (Å²) < 4.78 is 0. The largest absolute Gasteiger partial charge is 0.0830 e. The maximum atomic E-state index is 2.32. The second kappa shape index (κ2) is 2.84. The molecule has 2 aliphatic carbocycles. The van der Waals surface area contributed by atoms with Crippen molar-refractivity contribution in [2.24, 2.45) is 0 Å². The van der Waals surface area contributed by atoms with Gasteiger partial charge in [0, 0.05) is 5.92 Å². The van der Waals surface area contributed by atoms with Gasteiger partial charge >= 0.3 is 0 Å². The van der Waals surface area contributed by atoms with E-state index in [9.17, 15) is 0 Å². The van der Waals surface area contributed by atoms with Crippen LogP contribution >= 0.6 is 0 Å². The van der Waals surface area contributed by atoms with Crippen LogP contribution in [0.3, 0.4) is 0 Å². The van der Waals surface area contributed by atoms with Crippen molar-refractivity contribution in [1.82, 2.24) is 0 Å². The quantitative estimate of drug-likeness (QED) is 0.482. The Bertz CT molecular complexity index is 853. The molecule has 84 valence electrons. The van der Waals surface area contributed by atoms with Crippen LogP contribution in [0.2, 0.25) is 0 Å². The molecule has 18 heavy (non-hydrogen) atoms. The van der Waals surface area contributed by atoms with E-state index in [0.717, 1.165) is 6.42 Å². The van der Waals surface area contributed by atoms with Crippen molar-refractivity contribution < 1.29 is 0 Å². The van der Waals surface area contributed by atoms with E-state index in [1.807, 2.05) is 0 Å². The maximum absolute atomic E-state index is 2.32. The Hall–Kier alpha value is -2.08. The Labute approximate surface area is 106 Å². The standard InChI is InChI=1S/C18H12/c1-3-11-7-9-13-10-8-12-4-2-6-15-14(5-1)16(11)18(13)17(12)15/h1-5,7-10,15H,6H2. The molecule has 0 spiro atoms. The molecule has 3 aromatic carbocycles. The average molecular weight is 228 g/mol. The summed E-state index contributed by atoms with van der Waals surface area (Å²) in [6.45, 7) is 0. The lowest BCUT2D eigenvalue weighted by Crippen LogP contribution is -2.01. The van der Waals surface area contributed by atoms with Gasteiger partial charge < -0.3 is 0 Å². The molecule has 0 fully saturated rings. The van der Waals surface area contributed by atoms with Gasteiger partial charge in [-0.2, -0.15) is 0 Å². The second-order valence-corrected chi connectivity index (χ2v) is 5.37. The van der Waals surface area contributed by atoms with Gasteiger partial charge in [0.1, 0.15) is 0 Å². The van der Waals surface area contributed by atoms with Crippen LogP contribution in [0, 0.1) is 0 Å². The predicted octanol–water partition coefficient (Wildman–Crippen LogP) is 4.86. The van der Waals surface area contributed by atoms with Gasteiger partial charge in [-0.15, -0.1) is 0 Å². The molecule has 0 amide bonds. The Kier molecular flexibility index (Phi) is 1.41. The monoisotopic (exact) mass is 228 g/mol. The summed E-state index contributed by atoms with van der Waals surface area (Å²) in [5.41, 5.74) is 4.52. The van der Waals surface area contributed by atoms with Crippen LogP contribution in [0.1, 0.15) is 29.0 Å². The fraction of sp³-hybridized carbons (Fsp3) is 0.111. The molecule has 0 saturated carbocycles. The van der Waals surface area contributed by atoms with Crippen LogP contribution in [0.25, 0.3) is 27.6 Å². The molecule has 0 aliphatic heterocycles. The van der Waals surface area contributed by atoms with E-state index in [4.69, 9.17) is 0 Å². The highest BCUT2D eigenvalue weighted by Crippen LogP contribution is 2.49. The fourth-order valence-electron chi connectivity index (χ4n) is 3.81. The Balaban J connectivity index is 2.16. The molecule has 1 atom stereocenters. The lowest BCUT2D eigenvalue weighted by molar-refractivity contribution is 0.847. The van der Waals surface area contributed by atoms with Gasteiger partial charge in [-0.05, 0) is 44.7 Å². The molecule has 5 rings (SSSR count). The van der Waals surface area contributed by atoms with Gasteiger partial charge in [0.2, 0.25) is 0 Å². The molecule has 0 bridgehead atoms. The van der Waals surface area contributed by atoms with Crippen molar-refractivity contribution in [3.63, 3.8) is 0 Å². The number of allylic oxidation sites excluding steroid dienone is 1. The molecule has 3 aromatic rings. The van der Waals surface area contributed by atoms with Crippen LogP contribution in [0.15, 0.2) is 48.5 Å². The van der Waals surface area contributed by atoms with Crippen molar-refractivity contribution in [1.29, 1.82) is 0 Å². The molecule has 0 nitrogen and oxygen atoms in total. The highest BCUT2D eigenvalue weighted by molar-refractivity contribution is 6.15. The van der Waals surface area contributed by atoms with Gasteiger partial charge in [-0.3, -0.25) is 0 Å². The van der Waals surface area contributed by atoms with E-state index < -0.39 is 0 Å². The number of hydrogen-bond acceptors (Lipinski definition) is 0. The van der Waals surface area contributed by atoms with E-state index in [0.29, 0.717) is 5.92 Å². The molecule has 0 aromatic heterocycles. The summed E-state index contributed by atoms with van der Waals surface area (Å²) in [6, 6.07) is 15.8. The van der Waals surface area contributed by atoms with Crippen LogP contribution in [-0.4, -0.2) is 0 Å². The highest BCUT2D eigenvalue weighted by atomic mass is 14.3. The first kappa shape index (κ1) is 8.93. The normalized spacial score (nSPS) is 19.2. The molecular formula is C18H12. The van der Waals surface area contributed by atoms with Gasteiger partial charge in [0.15, 0.2) is 0 Å². The van der Waals surface area contributed by atoms with Crippen LogP contribution < -0.4 is 0 Å². The summed E-state index contributed by atoms with van der Waals surface area (Å²) >= 11 is 0. The van der Waals surface area contributed by atoms with Crippen molar-refractivity contribution in [2.45, 2.75) is 12.3 Å². The summed E-state index contributed by atoms with van der Waals surface area (Å²) in [5, 5.41) is 5.80. The summed E-state index contributed by atoms with van der Waals surface area (Å²) in [6.07, 6.45) is 5.76. The van der Waals surface area contributed by atoms with E-state index in [2.05, 4.69) is 54.6 Å². The molecule has 0 saturated heterocycles. The molecule has 0 heterocycles. The molecule has 0 heteroatoms. The van der Waals surface area contributed by atoms with E-state index in [1.54, 1.807) is 5.56 Å². The first-order valence-electron chi connectivity index (χ1n) is 6.58. The van der Waals surface area contributed by atoms with Gasteiger partial charge in [0.25, 0.3) is 0 Å². The van der Waals surface area contributed by atoms with Gasteiger partial charge in [-0.1, -0.05) is 54.6 Å². The zero-order valence-electron chi connectivity index (χ0n) is 9.98. The third kappa shape index (κ3) is 0.862. The fourth-order valence-corrected chi connectivity index (χ4v) is 3.81. The molecular weight excluding hydrogens is 216 g/mol. The summed E-state index contributed by atoms with van der Waals surface area (Å²) in [4.78, 5) is 0. The topological polar surface area (TPSA) is 0 Å². The van der Waals surface area contributed by atoms with Crippen molar-refractivity contribution in [2.75, 3.05) is 0 Å². The van der Waals surface area contributed by atoms with E-state index in [-0.39, 0.29) is 0 Å². The SMILES string of the molecule is C1=Cc2ccc3ccc4cccc5c4c3c2C5C1. The minimum Gasteiger partial charge on any atom is -0.0830 e. The van der Waals surface area contributed by atoms with Crippen LogP contribution in [-0.2, 0) is 0 Å². The lowest BCUT2D eigenvalue weighted by Gasteiger charge is -2.18. The number of fused-ring (bicyclic) bond motifs is 1. The minimum absolute atomic E-state index is 0.592. The lowest BCUT2D eigenvalue weighted by atomic mass is 9.85. The van der Waals surface area contributed by atoms with Crippen LogP contribution in [0.4, 0.5) is 0 Å².